The van der Waals surface area contributed by atoms with Crippen molar-refractivity contribution in [3.63, 3.8) is 0 Å². The van der Waals surface area contributed by atoms with E-state index < -0.39 is 0 Å². The van der Waals surface area contributed by atoms with Gasteiger partial charge in [-0.05, 0) is 43.2 Å². The molecule has 2 aromatic rings. The van der Waals surface area contributed by atoms with Gasteiger partial charge in [0.25, 0.3) is 11.8 Å². The number of ether oxygens (including phenoxy) is 1. The van der Waals surface area contributed by atoms with Crippen LogP contribution in [-0.2, 0) is 7.05 Å². The van der Waals surface area contributed by atoms with E-state index in [1.165, 1.54) is 0 Å². The molecular formula is C20H25N3O3. The Hall–Kier alpha value is -2.76. The first kappa shape index (κ1) is 18.0. The van der Waals surface area contributed by atoms with Gasteiger partial charge >= 0.3 is 0 Å². The highest BCUT2D eigenvalue weighted by Crippen LogP contribution is 2.25. The van der Waals surface area contributed by atoms with Gasteiger partial charge in [0.05, 0.1) is 12.7 Å². The summed E-state index contributed by atoms with van der Waals surface area (Å²) in [6.45, 7) is 6.09. The first-order valence-corrected chi connectivity index (χ1v) is 8.77. The van der Waals surface area contributed by atoms with Crippen molar-refractivity contribution < 1.29 is 14.3 Å². The standard InChI is InChI=1S/C20H25N3O3/c1-14-15(2)18(26-4)6-5-17(14)20(25)23-11-9-22(10-12-23)19(24)16-7-8-21(3)13-16/h5-8,13H,9-12H2,1-4H3. The van der Waals surface area contributed by atoms with Gasteiger partial charge in [0.2, 0.25) is 0 Å². The third-order valence-corrected chi connectivity index (χ3v) is 5.12. The van der Waals surface area contributed by atoms with Crippen LogP contribution in [0, 0.1) is 13.8 Å². The van der Waals surface area contributed by atoms with Crippen LogP contribution in [0.1, 0.15) is 31.8 Å². The van der Waals surface area contributed by atoms with Crippen LogP contribution in [0.15, 0.2) is 30.6 Å². The largest absolute Gasteiger partial charge is 0.496 e. The zero-order chi connectivity index (χ0) is 18.8. The van der Waals surface area contributed by atoms with Crippen molar-refractivity contribution >= 4 is 11.8 Å². The molecule has 1 saturated heterocycles. The number of aromatic nitrogens is 1. The Bertz CT molecular complexity index is 833. The zero-order valence-electron chi connectivity index (χ0n) is 15.8. The highest BCUT2D eigenvalue weighted by atomic mass is 16.5. The minimum atomic E-state index is 0.0139. The summed E-state index contributed by atoms with van der Waals surface area (Å²) in [5, 5.41) is 0. The summed E-state index contributed by atoms with van der Waals surface area (Å²) < 4.78 is 7.18. The fourth-order valence-corrected chi connectivity index (χ4v) is 3.34. The van der Waals surface area contributed by atoms with Gasteiger partial charge in [-0.25, -0.2) is 0 Å². The zero-order valence-corrected chi connectivity index (χ0v) is 15.8. The number of carbonyl (C=O) groups is 2. The fraction of sp³-hybridized carbons (Fsp3) is 0.400. The summed E-state index contributed by atoms with van der Waals surface area (Å²) in [7, 11) is 3.53. The highest BCUT2D eigenvalue weighted by Gasteiger charge is 2.27. The monoisotopic (exact) mass is 355 g/mol. The SMILES string of the molecule is COc1ccc(C(=O)N2CCN(C(=O)c3ccn(C)c3)CC2)c(C)c1C. The van der Waals surface area contributed by atoms with Crippen molar-refractivity contribution in [2.75, 3.05) is 33.3 Å². The van der Waals surface area contributed by atoms with E-state index in [2.05, 4.69) is 0 Å². The minimum absolute atomic E-state index is 0.0139. The van der Waals surface area contributed by atoms with Gasteiger partial charge in [0.15, 0.2) is 0 Å². The van der Waals surface area contributed by atoms with Gasteiger partial charge in [-0.15, -0.1) is 0 Å². The molecule has 2 heterocycles. The first-order chi connectivity index (χ1) is 12.4. The second kappa shape index (κ2) is 7.23. The van der Waals surface area contributed by atoms with Crippen molar-refractivity contribution in [1.82, 2.24) is 14.4 Å². The predicted octanol–water partition coefficient (Wildman–Crippen LogP) is 2.25. The Morgan fingerprint density at radius 3 is 2.08 bits per heavy atom. The summed E-state index contributed by atoms with van der Waals surface area (Å²) in [5.74, 6) is 0.826. The summed E-state index contributed by atoms with van der Waals surface area (Å²) in [6, 6.07) is 5.49. The Kier molecular flexibility index (Phi) is 5.02. The van der Waals surface area contributed by atoms with Gasteiger partial charge in [0.1, 0.15) is 5.75 Å². The van der Waals surface area contributed by atoms with Crippen molar-refractivity contribution in [2.24, 2.45) is 7.05 Å². The number of methoxy groups -OCH3 is 1. The summed E-state index contributed by atoms with van der Waals surface area (Å²) in [6.07, 6.45) is 3.69. The summed E-state index contributed by atoms with van der Waals surface area (Å²) in [4.78, 5) is 29.1. The molecule has 1 aromatic heterocycles. The van der Waals surface area contributed by atoms with Gasteiger partial charge < -0.3 is 19.1 Å². The number of hydrogen-bond donors (Lipinski definition) is 0. The van der Waals surface area contributed by atoms with E-state index in [1.54, 1.807) is 7.11 Å². The Balaban J connectivity index is 1.67. The minimum Gasteiger partial charge on any atom is -0.496 e. The van der Waals surface area contributed by atoms with Crippen LogP contribution in [0.3, 0.4) is 0 Å². The molecule has 26 heavy (non-hydrogen) atoms. The molecule has 6 nitrogen and oxygen atoms in total. The molecule has 0 bridgehead atoms. The molecule has 0 unspecified atom stereocenters. The van der Waals surface area contributed by atoms with E-state index in [4.69, 9.17) is 4.74 Å². The molecule has 0 radical (unpaired) electrons. The van der Waals surface area contributed by atoms with Gasteiger partial charge in [-0.3, -0.25) is 9.59 Å². The average Bonchev–Trinajstić information content (AvgIpc) is 3.09. The number of carbonyl (C=O) groups excluding carboxylic acids is 2. The third-order valence-electron chi connectivity index (χ3n) is 5.12. The lowest BCUT2D eigenvalue weighted by atomic mass is 10.0. The average molecular weight is 355 g/mol. The fourth-order valence-electron chi connectivity index (χ4n) is 3.34. The van der Waals surface area contributed by atoms with Crippen molar-refractivity contribution in [3.8, 4) is 5.75 Å². The van der Waals surface area contributed by atoms with E-state index in [0.29, 0.717) is 37.3 Å². The topological polar surface area (TPSA) is 54.8 Å². The number of benzene rings is 1. The number of aryl methyl sites for hydroxylation is 1. The molecule has 6 heteroatoms. The molecule has 1 aliphatic heterocycles. The molecule has 0 atom stereocenters. The maximum atomic E-state index is 12.9. The molecule has 1 aliphatic rings. The number of nitrogens with zero attached hydrogens (tertiary/aromatic N) is 3. The molecular weight excluding hydrogens is 330 g/mol. The Morgan fingerprint density at radius 1 is 0.923 bits per heavy atom. The number of rotatable bonds is 3. The maximum absolute atomic E-state index is 12.9. The molecule has 3 rings (SSSR count). The van der Waals surface area contributed by atoms with Gasteiger partial charge in [-0.1, -0.05) is 0 Å². The van der Waals surface area contributed by atoms with Crippen molar-refractivity contribution in [1.29, 1.82) is 0 Å². The van der Waals surface area contributed by atoms with E-state index in [9.17, 15) is 9.59 Å². The van der Waals surface area contributed by atoms with Crippen LogP contribution >= 0.6 is 0 Å². The lowest BCUT2D eigenvalue weighted by Gasteiger charge is -2.35. The molecule has 1 aromatic carbocycles. The first-order valence-electron chi connectivity index (χ1n) is 8.77. The second-order valence-electron chi connectivity index (χ2n) is 6.72. The van der Waals surface area contributed by atoms with E-state index in [1.807, 2.05) is 65.9 Å². The van der Waals surface area contributed by atoms with E-state index in [-0.39, 0.29) is 11.8 Å². The Labute approximate surface area is 154 Å². The predicted molar refractivity (Wildman–Crippen MR) is 99.7 cm³/mol. The van der Waals surface area contributed by atoms with Gasteiger partial charge in [0, 0.05) is 51.2 Å². The number of amides is 2. The smallest absolute Gasteiger partial charge is 0.255 e. The van der Waals surface area contributed by atoms with Crippen molar-refractivity contribution in [2.45, 2.75) is 13.8 Å². The molecule has 1 fully saturated rings. The van der Waals surface area contributed by atoms with Gasteiger partial charge in [-0.2, -0.15) is 0 Å². The molecule has 0 N–H and O–H groups in total. The van der Waals surface area contributed by atoms with Crippen LogP contribution in [-0.4, -0.2) is 59.5 Å². The maximum Gasteiger partial charge on any atom is 0.255 e. The molecule has 0 aliphatic carbocycles. The third kappa shape index (κ3) is 3.31. The quantitative estimate of drug-likeness (QED) is 0.849. The summed E-state index contributed by atoms with van der Waals surface area (Å²) in [5.41, 5.74) is 3.31. The summed E-state index contributed by atoms with van der Waals surface area (Å²) >= 11 is 0. The van der Waals surface area contributed by atoms with Crippen LogP contribution in [0.4, 0.5) is 0 Å². The molecule has 0 spiro atoms. The lowest BCUT2D eigenvalue weighted by molar-refractivity contribution is 0.0535. The van der Waals surface area contributed by atoms with Crippen LogP contribution in [0.5, 0.6) is 5.75 Å². The molecule has 138 valence electrons. The van der Waals surface area contributed by atoms with E-state index >= 15 is 0 Å². The molecule has 2 amide bonds. The highest BCUT2D eigenvalue weighted by molar-refractivity contribution is 5.97. The lowest BCUT2D eigenvalue weighted by Crippen LogP contribution is -2.50. The van der Waals surface area contributed by atoms with Crippen LogP contribution < -0.4 is 4.74 Å². The molecule has 0 saturated carbocycles. The van der Waals surface area contributed by atoms with Crippen molar-refractivity contribution in [3.05, 3.63) is 52.8 Å². The normalized spacial score (nSPS) is 14.5. The second-order valence-corrected chi connectivity index (χ2v) is 6.72. The Morgan fingerprint density at radius 2 is 1.54 bits per heavy atom. The number of hydrogen-bond acceptors (Lipinski definition) is 3. The van der Waals surface area contributed by atoms with Crippen LogP contribution in [0.2, 0.25) is 0 Å². The van der Waals surface area contributed by atoms with E-state index in [0.717, 1.165) is 16.9 Å². The van der Waals surface area contributed by atoms with Crippen LogP contribution in [0.25, 0.3) is 0 Å². The number of piperazine rings is 1.